The van der Waals surface area contributed by atoms with Crippen molar-refractivity contribution in [3.63, 3.8) is 0 Å². The van der Waals surface area contributed by atoms with Gasteiger partial charge < -0.3 is 14.9 Å². The fraction of sp³-hybridized carbons (Fsp3) is 0.926. The second-order valence-electron chi connectivity index (χ2n) is 12.0. The van der Waals surface area contributed by atoms with Gasteiger partial charge in [0.05, 0.1) is 8.07 Å². The molecule has 0 nitrogen and oxygen atoms in total. The van der Waals surface area contributed by atoms with E-state index in [0.717, 1.165) is 47.0 Å². The molecule has 4 heteroatoms. The molecule has 0 radical (unpaired) electrons. The van der Waals surface area contributed by atoms with Crippen LogP contribution in [0.15, 0.2) is 0 Å². The summed E-state index contributed by atoms with van der Waals surface area (Å²) in [5, 5.41) is 0. The fourth-order valence-electron chi connectivity index (χ4n) is 8.75. The first-order chi connectivity index (χ1) is 13.8. The molecule has 0 N–H and O–H groups in total. The third kappa shape index (κ3) is 6.67. The molecule has 0 spiro atoms. The molecule has 0 aromatic carbocycles. The predicted octanol–water partition coefficient (Wildman–Crippen LogP) is 10.4. The van der Waals surface area contributed by atoms with Gasteiger partial charge in [0, 0.05) is 0 Å². The van der Waals surface area contributed by atoms with E-state index in [1.165, 1.54) is 18.4 Å². The number of fused-ring (bicyclic) bond motifs is 2. The van der Waals surface area contributed by atoms with Crippen LogP contribution in [0, 0.1) is 56.3 Å². The van der Waals surface area contributed by atoms with Gasteiger partial charge >= 0.3 is 37.9 Å². The molecule has 0 saturated heterocycles. The van der Waals surface area contributed by atoms with Crippen molar-refractivity contribution in [2.45, 2.75) is 116 Å². The Balaban J connectivity index is 0.000000910. The summed E-state index contributed by atoms with van der Waals surface area (Å²) < 4.78 is 0. The van der Waals surface area contributed by atoms with Gasteiger partial charge in [-0.3, -0.25) is 0 Å². The molecule has 8 atom stereocenters. The maximum atomic E-state index is 4.93. The maximum absolute atomic E-state index is 4.93. The topological polar surface area (TPSA) is 0 Å². The van der Waals surface area contributed by atoms with Gasteiger partial charge in [0.2, 0.25) is 0 Å². The van der Waals surface area contributed by atoms with Gasteiger partial charge in [-0.1, -0.05) is 91.7 Å². The normalized spacial score (nSPS) is 37.9. The second-order valence-corrected chi connectivity index (χ2v) is 20.9. The summed E-state index contributed by atoms with van der Waals surface area (Å²) in [6, 6.07) is 0. The van der Waals surface area contributed by atoms with Crippen LogP contribution in [0.2, 0.25) is 24.2 Å². The predicted molar refractivity (Wildman–Crippen MR) is 142 cm³/mol. The Morgan fingerprint density at radius 1 is 0.710 bits per heavy atom. The molecule has 4 aliphatic carbocycles. The zero-order valence-corrected chi connectivity index (χ0v) is 26.7. The van der Waals surface area contributed by atoms with Crippen LogP contribution in [0.25, 0.3) is 0 Å². The van der Waals surface area contributed by atoms with E-state index in [0.29, 0.717) is 0 Å². The van der Waals surface area contributed by atoms with Crippen molar-refractivity contribution in [2.24, 2.45) is 41.4 Å². The van der Waals surface area contributed by atoms with Crippen LogP contribution in [0.3, 0.4) is 0 Å². The molecule has 8 unspecified atom stereocenters. The molecule has 0 aliphatic heterocycles. The Labute approximate surface area is 216 Å². The van der Waals surface area contributed by atoms with E-state index < -0.39 is 28.9 Å². The molecule has 4 saturated carbocycles. The van der Waals surface area contributed by atoms with Crippen LogP contribution < -0.4 is 0 Å². The molecule has 0 amide bonds. The summed E-state index contributed by atoms with van der Waals surface area (Å²) in [6.45, 7) is 13.3. The summed E-state index contributed by atoms with van der Waals surface area (Å²) >= 11 is -0.826. The van der Waals surface area contributed by atoms with Gasteiger partial charge in [-0.05, 0) is 65.3 Å². The SMILES string of the molecule is CC(C)C(C)C1CC([Si](C)(C)C2CCC3CCCCC32)C2CCCCC12.[CH3-].[CH3-].[Cl][Zr+2][Cl]. The Morgan fingerprint density at radius 2 is 1.23 bits per heavy atom. The van der Waals surface area contributed by atoms with Crippen LogP contribution in [-0.4, -0.2) is 8.07 Å². The Hall–Kier alpha value is 1.68. The van der Waals surface area contributed by atoms with Crippen molar-refractivity contribution in [3.05, 3.63) is 14.9 Å². The van der Waals surface area contributed by atoms with E-state index in [9.17, 15) is 0 Å². The molecular formula is C27H52Cl2SiZr. The van der Waals surface area contributed by atoms with E-state index >= 15 is 0 Å². The molecule has 0 aromatic heterocycles. The van der Waals surface area contributed by atoms with Crippen LogP contribution in [0.1, 0.15) is 91.4 Å². The first kappa shape index (κ1) is 30.7. The van der Waals surface area contributed by atoms with Crippen molar-refractivity contribution in [1.29, 1.82) is 0 Å². The van der Waals surface area contributed by atoms with Crippen molar-refractivity contribution >= 4 is 25.1 Å². The average Bonchev–Trinajstić information content (AvgIpc) is 3.30. The minimum absolute atomic E-state index is 0. The molecule has 0 aromatic rings. The summed E-state index contributed by atoms with van der Waals surface area (Å²) in [7, 11) is 8.69. The molecular weight excluding hydrogens is 515 g/mol. The van der Waals surface area contributed by atoms with Gasteiger partial charge in [0.15, 0.2) is 0 Å². The van der Waals surface area contributed by atoms with E-state index in [1.807, 2.05) is 0 Å². The van der Waals surface area contributed by atoms with Gasteiger partial charge in [-0.25, -0.2) is 0 Å². The number of rotatable bonds is 4. The summed E-state index contributed by atoms with van der Waals surface area (Å²) in [5.41, 5.74) is 2.33. The fourth-order valence-corrected chi connectivity index (χ4v) is 14.1. The Kier molecular flexibility index (Phi) is 13.6. The number of hydrogen-bond acceptors (Lipinski definition) is 0. The zero-order chi connectivity index (χ0) is 21.2. The first-order valence-electron chi connectivity index (χ1n) is 12.8. The standard InChI is InChI=1S/C25H46Si.2CH3.2ClH.Zr/c1-17(2)18(3)23-16-25(22-13-9-8-12-21(22)23)26(4,5)24-15-14-19-10-6-7-11-20(19)24;;;;;/h17-25H,6-16H2,1-5H3;2*1H3;2*1H;/q;2*-1;;;+4/p-2. The van der Waals surface area contributed by atoms with E-state index in [4.69, 9.17) is 17.0 Å². The molecule has 4 rings (SSSR count). The average molecular weight is 567 g/mol. The van der Waals surface area contributed by atoms with Gasteiger partial charge in [0.25, 0.3) is 0 Å². The third-order valence-electron chi connectivity index (χ3n) is 10.4. The van der Waals surface area contributed by atoms with E-state index in [-0.39, 0.29) is 14.9 Å². The molecule has 0 heterocycles. The van der Waals surface area contributed by atoms with Crippen LogP contribution in [-0.2, 0) is 20.8 Å². The summed E-state index contributed by atoms with van der Waals surface area (Å²) in [6.07, 6.45) is 17.3. The number of halogens is 2. The van der Waals surface area contributed by atoms with Crippen molar-refractivity contribution in [1.82, 2.24) is 0 Å². The molecule has 4 aliphatic rings. The summed E-state index contributed by atoms with van der Waals surface area (Å²) in [4.78, 5) is 0. The summed E-state index contributed by atoms with van der Waals surface area (Å²) in [5.74, 6) is 7.38. The van der Waals surface area contributed by atoms with Crippen molar-refractivity contribution in [2.75, 3.05) is 0 Å². The van der Waals surface area contributed by atoms with E-state index in [2.05, 4.69) is 33.9 Å². The van der Waals surface area contributed by atoms with Gasteiger partial charge in [-0.15, -0.1) is 0 Å². The first-order valence-corrected chi connectivity index (χ1v) is 22.3. The van der Waals surface area contributed by atoms with Gasteiger partial charge in [-0.2, -0.15) is 0 Å². The van der Waals surface area contributed by atoms with Crippen LogP contribution >= 0.6 is 17.0 Å². The van der Waals surface area contributed by atoms with Gasteiger partial charge in [0.1, 0.15) is 0 Å². The Bertz CT molecular complexity index is 511. The minimum atomic E-state index is -1.18. The van der Waals surface area contributed by atoms with Crippen molar-refractivity contribution < 1.29 is 20.8 Å². The number of hydrogen-bond donors (Lipinski definition) is 0. The molecule has 0 bridgehead atoms. The van der Waals surface area contributed by atoms with Crippen molar-refractivity contribution in [3.8, 4) is 0 Å². The van der Waals surface area contributed by atoms with Crippen LogP contribution in [0.5, 0.6) is 0 Å². The Morgan fingerprint density at radius 3 is 1.81 bits per heavy atom. The quantitative estimate of drug-likeness (QED) is 0.234. The monoisotopic (exact) mass is 564 g/mol. The molecule has 182 valence electrons. The van der Waals surface area contributed by atoms with Crippen LogP contribution in [0.4, 0.5) is 0 Å². The zero-order valence-electron chi connectivity index (χ0n) is 21.7. The molecule has 4 fully saturated rings. The van der Waals surface area contributed by atoms with E-state index in [1.54, 1.807) is 57.8 Å². The third-order valence-corrected chi connectivity index (χ3v) is 15.6. The second kappa shape index (κ2) is 13.7. The molecule has 31 heavy (non-hydrogen) atoms.